The molecule has 0 aromatic carbocycles. The van der Waals surface area contributed by atoms with E-state index in [-0.39, 0.29) is 6.04 Å². The molecular formula is C13H18N4O2S2. The quantitative estimate of drug-likeness (QED) is 0.927. The molecule has 8 heteroatoms. The van der Waals surface area contributed by atoms with E-state index in [1.54, 1.807) is 22.8 Å². The number of nitrogens with one attached hydrogen (secondary N) is 1. The largest absolute Gasteiger partial charge is 0.347 e. The van der Waals surface area contributed by atoms with E-state index in [2.05, 4.69) is 14.9 Å². The Balaban J connectivity index is 1.86. The molecule has 0 aliphatic carbocycles. The monoisotopic (exact) mass is 326 g/mol. The molecule has 2 aromatic rings. The van der Waals surface area contributed by atoms with Crippen LogP contribution >= 0.6 is 11.3 Å². The van der Waals surface area contributed by atoms with Crippen LogP contribution in [0, 0.1) is 6.92 Å². The van der Waals surface area contributed by atoms with E-state index in [4.69, 9.17) is 0 Å². The second-order valence-electron chi connectivity index (χ2n) is 5.20. The molecule has 6 nitrogen and oxygen atoms in total. The number of aromatic nitrogens is 2. The third-order valence-corrected chi connectivity index (χ3v) is 7.09. The van der Waals surface area contributed by atoms with Crippen molar-refractivity contribution in [2.45, 2.75) is 17.2 Å². The number of thiophene rings is 1. The third-order valence-electron chi connectivity index (χ3n) is 3.76. The number of imidazole rings is 1. The molecule has 3 heterocycles. The number of H-pyrrole nitrogens is 1. The van der Waals surface area contributed by atoms with Gasteiger partial charge in [0.2, 0.25) is 0 Å². The van der Waals surface area contributed by atoms with Gasteiger partial charge in [-0.1, -0.05) is 0 Å². The maximum absolute atomic E-state index is 12.7. The van der Waals surface area contributed by atoms with Gasteiger partial charge in [0.15, 0.2) is 0 Å². The highest BCUT2D eigenvalue weighted by Crippen LogP contribution is 2.29. The van der Waals surface area contributed by atoms with Gasteiger partial charge in [-0.15, -0.1) is 11.3 Å². The van der Waals surface area contributed by atoms with Gasteiger partial charge in [0, 0.05) is 36.9 Å². The molecule has 2 aromatic heterocycles. The maximum Gasteiger partial charge on any atom is 0.252 e. The Morgan fingerprint density at radius 3 is 2.81 bits per heavy atom. The van der Waals surface area contributed by atoms with Gasteiger partial charge in [0.1, 0.15) is 10.0 Å². The highest BCUT2D eigenvalue weighted by atomic mass is 32.2. The topological polar surface area (TPSA) is 69.3 Å². The number of hydrogen-bond acceptors (Lipinski definition) is 5. The highest BCUT2D eigenvalue weighted by molar-refractivity contribution is 7.91. The van der Waals surface area contributed by atoms with Crippen molar-refractivity contribution >= 4 is 21.4 Å². The average Bonchev–Trinajstić information content (AvgIpc) is 3.10. The zero-order valence-corrected chi connectivity index (χ0v) is 13.6. The molecule has 0 spiro atoms. The lowest BCUT2D eigenvalue weighted by atomic mass is 10.2. The Kier molecular flexibility index (Phi) is 3.87. The molecule has 21 heavy (non-hydrogen) atoms. The molecule has 1 fully saturated rings. The first-order valence-corrected chi connectivity index (χ1v) is 9.00. The zero-order chi connectivity index (χ0) is 15.0. The normalized spacial score (nSPS) is 21.7. The van der Waals surface area contributed by atoms with E-state index in [1.165, 1.54) is 11.3 Å². The Labute approximate surface area is 128 Å². The fraction of sp³-hybridized carbons (Fsp3) is 0.462. The van der Waals surface area contributed by atoms with Crippen molar-refractivity contribution in [1.82, 2.24) is 19.2 Å². The minimum Gasteiger partial charge on any atom is -0.347 e. The van der Waals surface area contributed by atoms with Crippen molar-refractivity contribution < 1.29 is 8.42 Å². The van der Waals surface area contributed by atoms with Crippen LogP contribution in [0.1, 0.15) is 16.7 Å². The summed E-state index contributed by atoms with van der Waals surface area (Å²) < 4.78 is 27.4. The molecule has 3 rings (SSSR count). The number of sulfonamides is 1. The first-order chi connectivity index (χ1) is 9.98. The molecule has 0 bridgehead atoms. The summed E-state index contributed by atoms with van der Waals surface area (Å²) in [5.74, 6) is 0.805. The lowest BCUT2D eigenvalue weighted by Crippen LogP contribution is -2.49. The summed E-state index contributed by atoms with van der Waals surface area (Å²) in [6, 6.07) is 3.50. The first kappa shape index (κ1) is 14.7. The maximum atomic E-state index is 12.7. The third kappa shape index (κ3) is 2.76. The minimum atomic E-state index is -3.41. The second kappa shape index (κ2) is 5.53. The van der Waals surface area contributed by atoms with Crippen molar-refractivity contribution in [2.24, 2.45) is 0 Å². The number of piperazine rings is 1. The van der Waals surface area contributed by atoms with Gasteiger partial charge in [-0.3, -0.25) is 4.90 Å². The number of likely N-dealkylation sites (N-methyl/N-ethyl adjacent to an activating group) is 1. The van der Waals surface area contributed by atoms with Crippen LogP contribution in [0.2, 0.25) is 0 Å². The molecule has 0 amide bonds. The van der Waals surface area contributed by atoms with Crippen molar-refractivity contribution in [3.8, 4) is 0 Å². The number of aromatic amines is 1. The van der Waals surface area contributed by atoms with Crippen molar-refractivity contribution in [3.05, 3.63) is 35.2 Å². The van der Waals surface area contributed by atoms with E-state index in [0.717, 1.165) is 10.7 Å². The van der Waals surface area contributed by atoms with Crippen LogP contribution in [0.4, 0.5) is 0 Å². The number of rotatable bonds is 3. The van der Waals surface area contributed by atoms with Crippen LogP contribution in [0.5, 0.6) is 0 Å². The van der Waals surface area contributed by atoms with E-state index < -0.39 is 10.0 Å². The van der Waals surface area contributed by atoms with E-state index in [9.17, 15) is 8.42 Å². The van der Waals surface area contributed by atoms with Crippen LogP contribution in [0.15, 0.2) is 28.7 Å². The number of hydrogen-bond donors (Lipinski definition) is 1. The Hall–Kier alpha value is -1.22. The standard InChI is InChI=1S/C13H18N4O2S2/c1-10-3-4-12(20-10)21(18,19)17-8-7-16(2)11(9-17)13-14-5-6-15-13/h3-6,11H,7-9H2,1-2H3,(H,14,15)/t11-/m0/s1. The summed E-state index contributed by atoms with van der Waals surface area (Å²) >= 11 is 1.32. The summed E-state index contributed by atoms with van der Waals surface area (Å²) in [5, 5.41) is 0. The zero-order valence-electron chi connectivity index (χ0n) is 12.0. The van der Waals surface area contributed by atoms with Crippen molar-refractivity contribution in [1.29, 1.82) is 0 Å². The molecule has 1 aliphatic heterocycles. The van der Waals surface area contributed by atoms with Gasteiger partial charge in [-0.2, -0.15) is 4.31 Å². The van der Waals surface area contributed by atoms with Gasteiger partial charge >= 0.3 is 0 Å². The molecule has 0 radical (unpaired) electrons. The number of aryl methyl sites for hydroxylation is 1. The fourth-order valence-electron chi connectivity index (χ4n) is 2.50. The van der Waals surface area contributed by atoms with E-state index in [1.807, 2.05) is 20.0 Å². The molecule has 1 N–H and O–H groups in total. The molecule has 114 valence electrons. The SMILES string of the molecule is Cc1ccc(S(=O)(=O)N2CCN(C)[C@H](c3ncc[nH]3)C2)s1. The van der Waals surface area contributed by atoms with Crippen LogP contribution in [0.25, 0.3) is 0 Å². The second-order valence-corrected chi connectivity index (χ2v) is 8.65. The summed E-state index contributed by atoms with van der Waals surface area (Å²) in [6.45, 7) is 3.53. The molecular weight excluding hydrogens is 308 g/mol. The van der Waals surface area contributed by atoms with Crippen LogP contribution < -0.4 is 0 Å². The fourth-order valence-corrected chi connectivity index (χ4v) is 5.38. The Morgan fingerprint density at radius 2 is 2.19 bits per heavy atom. The minimum absolute atomic E-state index is 0.0374. The first-order valence-electron chi connectivity index (χ1n) is 6.74. The predicted octanol–water partition coefficient (Wildman–Crippen LogP) is 1.46. The van der Waals surface area contributed by atoms with Gasteiger partial charge < -0.3 is 4.98 Å². The average molecular weight is 326 g/mol. The smallest absolute Gasteiger partial charge is 0.252 e. The lowest BCUT2D eigenvalue weighted by Gasteiger charge is -2.37. The van der Waals surface area contributed by atoms with Crippen LogP contribution in [-0.2, 0) is 10.0 Å². The Bertz CT molecular complexity index is 708. The highest BCUT2D eigenvalue weighted by Gasteiger charge is 2.35. The van der Waals surface area contributed by atoms with Gasteiger partial charge in [0.05, 0.1) is 6.04 Å². The molecule has 0 unspecified atom stereocenters. The Morgan fingerprint density at radius 1 is 1.38 bits per heavy atom. The van der Waals surface area contributed by atoms with Crippen molar-refractivity contribution in [3.63, 3.8) is 0 Å². The van der Waals surface area contributed by atoms with Gasteiger partial charge in [-0.25, -0.2) is 13.4 Å². The number of nitrogens with zero attached hydrogens (tertiary/aromatic N) is 3. The van der Waals surface area contributed by atoms with Gasteiger partial charge in [0.25, 0.3) is 10.0 Å². The molecule has 1 aliphatic rings. The summed E-state index contributed by atoms with van der Waals surface area (Å²) in [4.78, 5) is 10.5. The molecule has 1 atom stereocenters. The summed E-state index contributed by atoms with van der Waals surface area (Å²) in [6.07, 6.45) is 3.46. The van der Waals surface area contributed by atoms with Crippen LogP contribution in [-0.4, -0.2) is 54.3 Å². The summed E-state index contributed by atoms with van der Waals surface area (Å²) in [7, 11) is -1.41. The molecule has 0 saturated carbocycles. The van der Waals surface area contributed by atoms with E-state index >= 15 is 0 Å². The lowest BCUT2D eigenvalue weighted by molar-refractivity contribution is 0.143. The summed E-state index contributed by atoms with van der Waals surface area (Å²) in [5.41, 5.74) is 0. The van der Waals surface area contributed by atoms with Crippen LogP contribution in [0.3, 0.4) is 0 Å². The van der Waals surface area contributed by atoms with E-state index in [0.29, 0.717) is 23.8 Å². The van der Waals surface area contributed by atoms with Crippen molar-refractivity contribution in [2.75, 3.05) is 26.7 Å². The predicted molar refractivity (Wildman–Crippen MR) is 81.8 cm³/mol. The van der Waals surface area contributed by atoms with Gasteiger partial charge in [-0.05, 0) is 26.1 Å². The molecule has 1 saturated heterocycles.